The number of amides is 2. The molecule has 1 saturated carbocycles. The zero-order chi connectivity index (χ0) is 26.6. The average molecular weight is 514 g/mol. The van der Waals surface area contributed by atoms with E-state index < -0.39 is 0 Å². The van der Waals surface area contributed by atoms with Gasteiger partial charge in [0.25, 0.3) is 0 Å². The Bertz CT molecular complexity index is 1170. The van der Waals surface area contributed by atoms with Crippen LogP contribution in [0.3, 0.4) is 0 Å². The molecule has 6 nitrogen and oxygen atoms in total. The normalized spacial score (nSPS) is 14.0. The van der Waals surface area contributed by atoms with E-state index in [0.29, 0.717) is 19.7 Å². The van der Waals surface area contributed by atoms with Crippen molar-refractivity contribution in [3.8, 4) is 0 Å². The first kappa shape index (κ1) is 27.4. The Kier molecular flexibility index (Phi) is 10.3. The average Bonchev–Trinajstić information content (AvgIpc) is 3.40. The van der Waals surface area contributed by atoms with Gasteiger partial charge < -0.3 is 19.1 Å². The van der Waals surface area contributed by atoms with Crippen LogP contribution in [0.1, 0.15) is 48.9 Å². The van der Waals surface area contributed by atoms with E-state index in [4.69, 9.17) is 4.74 Å². The number of benzene rings is 2. The Hall–Kier alpha value is -3.64. The van der Waals surface area contributed by atoms with E-state index in [0.717, 1.165) is 43.5 Å². The zero-order valence-corrected chi connectivity index (χ0v) is 22.4. The van der Waals surface area contributed by atoms with Crippen molar-refractivity contribution in [1.82, 2.24) is 14.4 Å². The van der Waals surface area contributed by atoms with Crippen LogP contribution in [-0.4, -0.2) is 59.0 Å². The molecule has 0 unspecified atom stereocenters. The molecule has 0 spiro atoms. The van der Waals surface area contributed by atoms with E-state index in [1.165, 1.54) is 12.0 Å². The molecule has 38 heavy (non-hydrogen) atoms. The van der Waals surface area contributed by atoms with Crippen molar-refractivity contribution in [3.63, 3.8) is 0 Å². The minimum absolute atomic E-state index is 0.0121. The van der Waals surface area contributed by atoms with Crippen LogP contribution in [0.4, 0.5) is 0 Å². The van der Waals surface area contributed by atoms with Gasteiger partial charge in [0.05, 0.1) is 13.2 Å². The highest BCUT2D eigenvalue weighted by molar-refractivity contribution is 5.94. The van der Waals surface area contributed by atoms with Gasteiger partial charge in [-0.3, -0.25) is 9.59 Å². The molecule has 0 bridgehead atoms. The second-order valence-electron chi connectivity index (χ2n) is 9.92. The van der Waals surface area contributed by atoms with Crippen molar-refractivity contribution >= 4 is 17.9 Å². The number of carbonyl (C=O) groups is 2. The van der Waals surface area contributed by atoms with E-state index in [9.17, 15) is 9.59 Å². The van der Waals surface area contributed by atoms with E-state index in [1.807, 2.05) is 59.5 Å². The lowest BCUT2D eigenvalue weighted by atomic mass is 9.94. The molecule has 0 aliphatic heterocycles. The van der Waals surface area contributed by atoms with Crippen LogP contribution in [0.2, 0.25) is 0 Å². The number of methoxy groups -OCH3 is 1. The molecular formula is C32H39N3O3. The molecule has 200 valence electrons. The van der Waals surface area contributed by atoms with Crippen LogP contribution in [-0.2, 0) is 27.4 Å². The summed E-state index contributed by atoms with van der Waals surface area (Å²) in [4.78, 5) is 30.6. The first-order valence-corrected chi connectivity index (χ1v) is 13.6. The van der Waals surface area contributed by atoms with Crippen LogP contribution in [0.25, 0.3) is 6.08 Å². The Morgan fingerprint density at radius 1 is 0.947 bits per heavy atom. The van der Waals surface area contributed by atoms with Crippen molar-refractivity contribution in [2.75, 3.05) is 26.8 Å². The maximum Gasteiger partial charge on any atom is 0.247 e. The molecule has 1 fully saturated rings. The summed E-state index contributed by atoms with van der Waals surface area (Å²) in [5.74, 6) is -0.197. The third-order valence-corrected chi connectivity index (χ3v) is 7.21. The van der Waals surface area contributed by atoms with E-state index in [-0.39, 0.29) is 24.4 Å². The second-order valence-corrected chi connectivity index (χ2v) is 9.92. The predicted octanol–water partition coefficient (Wildman–Crippen LogP) is 5.39. The van der Waals surface area contributed by atoms with Gasteiger partial charge in [-0.15, -0.1) is 0 Å². The monoisotopic (exact) mass is 513 g/mol. The first-order chi connectivity index (χ1) is 18.6. The minimum Gasteiger partial charge on any atom is -0.383 e. The molecule has 1 heterocycles. The molecular weight excluding hydrogens is 474 g/mol. The van der Waals surface area contributed by atoms with E-state index in [1.54, 1.807) is 24.2 Å². The maximum atomic E-state index is 13.8. The Labute approximate surface area is 226 Å². The Balaban J connectivity index is 1.50. The fourth-order valence-electron chi connectivity index (χ4n) is 5.08. The van der Waals surface area contributed by atoms with Crippen LogP contribution >= 0.6 is 0 Å². The van der Waals surface area contributed by atoms with Gasteiger partial charge in [0.1, 0.15) is 6.54 Å². The third-order valence-electron chi connectivity index (χ3n) is 7.21. The van der Waals surface area contributed by atoms with Gasteiger partial charge in [0, 0.05) is 44.2 Å². The maximum absolute atomic E-state index is 13.8. The summed E-state index contributed by atoms with van der Waals surface area (Å²) in [5, 5.41) is 0. The van der Waals surface area contributed by atoms with Crippen molar-refractivity contribution in [1.29, 1.82) is 0 Å². The van der Waals surface area contributed by atoms with Crippen LogP contribution in [0.5, 0.6) is 0 Å². The molecule has 2 amide bonds. The Morgan fingerprint density at radius 3 is 2.37 bits per heavy atom. The van der Waals surface area contributed by atoms with Crippen molar-refractivity contribution in [2.45, 2.75) is 51.2 Å². The summed E-state index contributed by atoms with van der Waals surface area (Å²) in [5.41, 5.74) is 3.27. The van der Waals surface area contributed by atoms with Gasteiger partial charge in [-0.1, -0.05) is 79.9 Å². The highest BCUT2D eigenvalue weighted by Gasteiger charge is 2.28. The van der Waals surface area contributed by atoms with E-state index in [2.05, 4.69) is 29.0 Å². The van der Waals surface area contributed by atoms with Gasteiger partial charge >= 0.3 is 0 Å². The lowest BCUT2D eigenvalue weighted by Gasteiger charge is -2.36. The summed E-state index contributed by atoms with van der Waals surface area (Å²) >= 11 is 0. The quantitative estimate of drug-likeness (QED) is 0.305. The summed E-state index contributed by atoms with van der Waals surface area (Å²) in [6, 6.07) is 24.4. The lowest BCUT2D eigenvalue weighted by molar-refractivity contribution is -0.141. The largest absolute Gasteiger partial charge is 0.383 e. The Morgan fingerprint density at radius 2 is 1.66 bits per heavy atom. The molecule has 3 aromatic rings. The molecule has 0 N–H and O–H groups in total. The highest BCUT2D eigenvalue weighted by Crippen LogP contribution is 2.25. The molecule has 1 aromatic heterocycles. The van der Waals surface area contributed by atoms with Gasteiger partial charge in [-0.25, -0.2) is 0 Å². The second kappa shape index (κ2) is 14.3. The van der Waals surface area contributed by atoms with Crippen molar-refractivity contribution < 1.29 is 14.3 Å². The van der Waals surface area contributed by atoms with Crippen molar-refractivity contribution in [2.24, 2.45) is 0 Å². The van der Waals surface area contributed by atoms with Crippen LogP contribution in [0, 0.1) is 0 Å². The topological polar surface area (TPSA) is 54.8 Å². The SMILES string of the molecule is COCCN(CC(=O)N(Cc1cccn1Cc1ccccc1)C1CCCCC1)C(=O)/C=C/c1ccccc1. The van der Waals surface area contributed by atoms with Crippen LogP contribution < -0.4 is 0 Å². The fraction of sp³-hybridized carbons (Fsp3) is 0.375. The molecule has 2 aromatic carbocycles. The first-order valence-electron chi connectivity index (χ1n) is 13.6. The van der Waals surface area contributed by atoms with E-state index >= 15 is 0 Å². The van der Waals surface area contributed by atoms with Gasteiger partial charge in [0.15, 0.2) is 0 Å². The zero-order valence-electron chi connectivity index (χ0n) is 22.4. The number of nitrogens with zero attached hydrogens (tertiary/aromatic N) is 3. The highest BCUT2D eigenvalue weighted by atomic mass is 16.5. The summed E-state index contributed by atoms with van der Waals surface area (Å²) in [7, 11) is 1.61. The van der Waals surface area contributed by atoms with Gasteiger partial charge in [-0.2, -0.15) is 0 Å². The number of hydrogen-bond acceptors (Lipinski definition) is 3. The molecule has 4 rings (SSSR count). The standard InChI is InChI=1S/C32H39N3O3/c1-38-23-22-34(31(36)20-19-27-12-5-2-6-13-27)26-32(37)35(29-16-9-4-10-17-29)25-30-18-11-21-33(30)24-28-14-7-3-8-15-28/h2-3,5-8,11-15,18-21,29H,4,9-10,16-17,22-26H2,1H3/b20-19+. The molecule has 1 aliphatic rings. The molecule has 1 aliphatic carbocycles. The molecule has 0 atom stereocenters. The smallest absolute Gasteiger partial charge is 0.247 e. The number of aromatic nitrogens is 1. The number of ether oxygens (including phenoxy) is 1. The third kappa shape index (κ3) is 7.93. The molecule has 0 radical (unpaired) electrons. The van der Waals surface area contributed by atoms with Gasteiger partial charge in [0.2, 0.25) is 11.8 Å². The number of rotatable bonds is 12. The lowest BCUT2D eigenvalue weighted by Crippen LogP contribution is -2.48. The van der Waals surface area contributed by atoms with Gasteiger partial charge in [-0.05, 0) is 42.2 Å². The summed E-state index contributed by atoms with van der Waals surface area (Å²) < 4.78 is 7.47. The fourth-order valence-corrected chi connectivity index (χ4v) is 5.08. The minimum atomic E-state index is -0.185. The summed E-state index contributed by atoms with van der Waals surface area (Å²) in [6.07, 6.45) is 10.9. The van der Waals surface area contributed by atoms with Crippen LogP contribution in [0.15, 0.2) is 85.1 Å². The van der Waals surface area contributed by atoms with Crippen molar-refractivity contribution in [3.05, 3.63) is 102 Å². The predicted molar refractivity (Wildman–Crippen MR) is 151 cm³/mol. The summed E-state index contributed by atoms with van der Waals surface area (Å²) in [6.45, 7) is 2.08. The number of hydrogen-bond donors (Lipinski definition) is 0. The molecule has 6 heteroatoms. The number of carbonyl (C=O) groups excluding carboxylic acids is 2. The molecule has 0 saturated heterocycles.